The van der Waals surface area contributed by atoms with Crippen LogP contribution in [0.5, 0.6) is 5.75 Å². The van der Waals surface area contributed by atoms with Crippen LogP contribution < -0.4 is 10.3 Å². The number of methoxy groups -OCH3 is 1. The van der Waals surface area contributed by atoms with Gasteiger partial charge in [0.05, 0.1) is 19.6 Å². The second-order valence-corrected chi connectivity index (χ2v) is 7.02. The van der Waals surface area contributed by atoms with Crippen LogP contribution in [-0.4, -0.2) is 48.1 Å². The van der Waals surface area contributed by atoms with E-state index in [1.165, 1.54) is 10.6 Å². The van der Waals surface area contributed by atoms with Gasteiger partial charge in [0.1, 0.15) is 11.4 Å². The molecule has 1 saturated heterocycles. The zero-order valence-electron chi connectivity index (χ0n) is 17.2. The second kappa shape index (κ2) is 9.91. The van der Waals surface area contributed by atoms with Gasteiger partial charge in [0, 0.05) is 30.9 Å². The smallest absolute Gasteiger partial charge is 0.310 e. The van der Waals surface area contributed by atoms with Gasteiger partial charge >= 0.3 is 5.97 Å². The van der Waals surface area contributed by atoms with E-state index in [2.05, 4.69) is 0 Å². The van der Waals surface area contributed by atoms with Crippen molar-refractivity contribution in [2.75, 3.05) is 26.8 Å². The van der Waals surface area contributed by atoms with E-state index in [1.807, 2.05) is 18.2 Å². The summed E-state index contributed by atoms with van der Waals surface area (Å²) in [7, 11) is 1.55. The molecule has 1 atom stereocenters. The molecule has 1 fully saturated rings. The number of amides is 1. The Hall–Kier alpha value is -3.35. The Labute approximate surface area is 175 Å². The highest BCUT2D eigenvalue weighted by Gasteiger charge is 2.31. The fraction of sp³-hybridized carbons (Fsp3) is 0.348. The molecule has 0 radical (unpaired) electrons. The minimum Gasteiger partial charge on any atom is -0.496 e. The van der Waals surface area contributed by atoms with Crippen molar-refractivity contribution in [1.82, 2.24) is 9.47 Å². The van der Waals surface area contributed by atoms with E-state index < -0.39 is 0 Å². The minimum absolute atomic E-state index is 0.203. The summed E-state index contributed by atoms with van der Waals surface area (Å²) in [5.41, 5.74) is 0.568. The Morgan fingerprint density at radius 2 is 1.93 bits per heavy atom. The Morgan fingerprint density at radius 1 is 1.17 bits per heavy atom. The SMILES string of the molecule is CCOC(=O)C1CCCN(C(=O)/C(=C\c2ccccc2OC)n2ccccc2=O)C1. The van der Waals surface area contributed by atoms with Gasteiger partial charge in [0.15, 0.2) is 0 Å². The topological polar surface area (TPSA) is 77.8 Å². The molecule has 3 rings (SSSR count). The summed E-state index contributed by atoms with van der Waals surface area (Å²) in [4.78, 5) is 39.8. The third kappa shape index (κ3) is 4.79. The number of aromatic nitrogens is 1. The summed E-state index contributed by atoms with van der Waals surface area (Å²) < 4.78 is 11.9. The van der Waals surface area contributed by atoms with Gasteiger partial charge in [-0.25, -0.2) is 0 Å². The molecule has 0 bridgehead atoms. The monoisotopic (exact) mass is 410 g/mol. The number of hydrogen-bond acceptors (Lipinski definition) is 5. The number of carbonyl (C=O) groups is 2. The molecule has 158 valence electrons. The summed E-state index contributed by atoms with van der Waals surface area (Å²) in [6.07, 6.45) is 4.59. The van der Waals surface area contributed by atoms with E-state index in [0.29, 0.717) is 37.3 Å². The fourth-order valence-corrected chi connectivity index (χ4v) is 3.57. The average Bonchev–Trinajstić information content (AvgIpc) is 2.78. The highest BCUT2D eigenvalue weighted by atomic mass is 16.5. The van der Waals surface area contributed by atoms with Crippen molar-refractivity contribution in [2.24, 2.45) is 5.92 Å². The standard InChI is InChI=1S/C23H26N2O5/c1-3-30-23(28)18-10-8-13-24(16-18)22(27)19(25-14-7-6-12-21(25)26)15-17-9-4-5-11-20(17)29-2/h4-7,9,11-12,14-15,18H,3,8,10,13,16H2,1-2H3/b19-15+. The van der Waals surface area contributed by atoms with E-state index in [1.54, 1.807) is 49.4 Å². The molecule has 1 amide bonds. The molecule has 2 aromatic rings. The lowest BCUT2D eigenvalue weighted by atomic mass is 9.97. The minimum atomic E-state index is -0.359. The van der Waals surface area contributed by atoms with E-state index >= 15 is 0 Å². The number of hydrogen-bond donors (Lipinski definition) is 0. The molecule has 1 aliphatic rings. The Balaban J connectivity index is 1.99. The van der Waals surface area contributed by atoms with Crippen LogP contribution in [0.25, 0.3) is 11.8 Å². The van der Waals surface area contributed by atoms with Gasteiger partial charge in [-0.3, -0.25) is 19.0 Å². The van der Waals surface area contributed by atoms with Crippen LogP contribution in [0, 0.1) is 5.92 Å². The van der Waals surface area contributed by atoms with Gasteiger partial charge in [-0.05, 0) is 38.0 Å². The lowest BCUT2D eigenvalue weighted by Crippen LogP contribution is -2.44. The van der Waals surface area contributed by atoms with Crippen LogP contribution >= 0.6 is 0 Å². The molecule has 1 aromatic heterocycles. The van der Waals surface area contributed by atoms with Crippen molar-refractivity contribution in [3.05, 3.63) is 64.6 Å². The average molecular weight is 410 g/mol. The maximum absolute atomic E-state index is 13.5. The molecule has 1 aliphatic heterocycles. The zero-order valence-corrected chi connectivity index (χ0v) is 17.2. The summed E-state index contributed by atoms with van der Waals surface area (Å²) >= 11 is 0. The number of pyridine rings is 1. The molecule has 1 unspecified atom stereocenters. The van der Waals surface area contributed by atoms with E-state index in [0.717, 1.165) is 0 Å². The van der Waals surface area contributed by atoms with Gasteiger partial charge in [-0.1, -0.05) is 24.3 Å². The molecule has 7 nitrogen and oxygen atoms in total. The van der Waals surface area contributed by atoms with Crippen LogP contribution in [0.3, 0.4) is 0 Å². The lowest BCUT2D eigenvalue weighted by molar-refractivity contribution is -0.150. The first-order valence-electron chi connectivity index (χ1n) is 10.0. The molecule has 2 heterocycles. The van der Waals surface area contributed by atoms with Crippen molar-refractivity contribution >= 4 is 23.6 Å². The number of likely N-dealkylation sites (tertiary alicyclic amines) is 1. The van der Waals surface area contributed by atoms with Gasteiger partial charge in [0.25, 0.3) is 11.5 Å². The summed E-state index contributed by atoms with van der Waals surface area (Å²) in [5.74, 6) is -0.372. The first kappa shape index (κ1) is 21.4. The number of para-hydroxylation sites is 1. The molecule has 30 heavy (non-hydrogen) atoms. The number of benzene rings is 1. The molecule has 1 aromatic carbocycles. The van der Waals surface area contributed by atoms with Crippen LogP contribution in [-0.2, 0) is 14.3 Å². The van der Waals surface area contributed by atoms with Crippen molar-refractivity contribution < 1.29 is 19.1 Å². The van der Waals surface area contributed by atoms with Gasteiger partial charge in [-0.2, -0.15) is 0 Å². The number of piperidine rings is 1. The third-order valence-electron chi connectivity index (χ3n) is 5.06. The van der Waals surface area contributed by atoms with Crippen molar-refractivity contribution in [2.45, 2.75) is 19.8 Å². The Kier molecular flexibility index (Phi) is 7.06. The predicted octanol–water partition coefficient (Wildman–Crippen LogP) is 2.66. The molecule has 0 spiro atoms. The molecular formula is C23H26N2O5. The third-order valence-corrected chi connectivity index (χ3v) is 5.06. The number of carbonyl (C=O) groups excluding carboxylic acids is 2. The number of nitrogens with zero attached hydrogens (tertiary/aromatic N) is 2. The van der Waals surface area contributed by atoms with Crippen LogP contribution in [0.15, 0.2) is 53.5 Å². The molecule has 0 saturated carbocycles. The first-order chi connectivity index (χ1) is 14.5. The van der Waals surface area contributed by atoms with Gasteiger partial charge in [-0.15, -0.1) is 0 Å². The maximum Gasteiger partial charge on any atom is 0.310 e. The van der Waals surface area contributed by atoms with Crippen LogP contribution in [0.2, 0.25) is 0 Å². The zero-order chi connectivity index (χ0) is 21.5. The highest BCUT2D eigenvalue weighted by molar-refractivity contribution is 6.18. The maximum atomic E-state index is 13.5. The first-order valence-corrected chi connectivity index (χ1v) is 10.0. The van der Waals surface area contributed by atoms with Gasteiger partial charge < -0.3 is 14.4 Å². The van der Waals surface area contributed by atoms with E-state index in [-0.39, 0.29) is 35.6 Å². The quantitative estimate of drug-likeness (QED) is 0.540. The summed E-state index contributed by atoms with van der Waals surface area (Å²) in [5, 5.41) is 0. The Morgan fingerprint density at radius 3 is 2.67 bits per heavy atom. The van der Waals surface area contributed by atoms with Gasteiger partial charge in [0.2, 0.25) is 0 Å². The van der Waals surface area contributed by atoms with E-state index in [4.69, 9.17) is 9.47 Å². The predicted molar refractivity (Wildman–Crippen MR) is 114 cm³/mol. The van der Waals surface area contributed by atoms with E-state index in [9.17, 15) is 14.4 Å². The van der Waals surface area contributed by atoms with Crippen LogP contribution in [0.1, 0.15) is 25.3 Å². The van der Waals surface area contributed by atoms with Crippen molar-refractivity contribution in [3.8, 4) is 5.75 Å². The molecular weight excluding hydrogens is 384 g/mol. The largest absolute Gasteiger partial charge is 0.496 e. The highest BCUT2D eigenvalue weighted by Crippen LogP contribution is 2.25. The fourth-order valence-electron chi connectivity index (χ4n) is 3.57. The Bertz CT molecular complexity index is 995. The van der Waals surface area contributed by atoms with Crippen LogP contribution in [0.4, 0.5) is 0 Å². The lowest BCUT2D eigenvalue weighted by Gasteiger charge is -2.32. The van der Waals surface area contributed by atoms with Crippen molar-refractivity contribution in [1.29, 1.82) is 0 Å². The summed E-state index contributed by atoms with van der Waals surface area (Å²) in [6, 6.07) is 12.0. The molecule has 0 aliphatic carbocycles. The number of esters is 1. The van der Waals surface area contributed by atoms with Crippen molar-refractivity contribution in [3.63, 3.8) is 0 Å². The normalized spacial score (nSPS) is 16.8. The second-order valence-electron chi connectivity index (χ2n) is 7.02. The molecule has 0 N–H and O–H groups in total. The summed E-state index contributed by atoms with van der Waals surface area (Å²) in [6.45, 7) is 2.85. The molecule has 7 heteroatoms. The number of ether oxygens (including phenoxy) is 2. The number of rotatable bonds is 6.